The van der Waals surface area contributed by atoms with Gasteiger partial charge in [-0.25, -0.2) is 4.98 Å². The average molecular weight is 656 g/mol. The molecule has 5 N–H and O–H groups in total. The number of hydrogen-bond acceptors (Lipinski definition) is 8. The Morgan fingerprint density at radius 2 is 1.74 bits per heavy atom. The Hall–Kier alpha value is -3.64. The Morgan fingerprint density at radius 1 is 1.02 bits per heavy atom. The molecule has 3 amide bonds. The summed E-state index contributed by atoms with van der Waals surface area (Å²) in [7, 11) is 0. The third kappa shape index (κ3) is 11.0. The molecule has 1 aromatic heterocycles. The number of nitrogens with zero attached hydrogens (tertiary/aromatic N) is 1. The maximum Gasteiger partial charge on any atom is 0.306 e. The van der Waals surface area contributed by atoms with E-state index in [-0.39, 0.29) is 59.0 Å². The quantitative estimate of drug-likeness (QED) is 0.160. The molecule has 1 aliphatic rings. The van der Waals surface area contributed by atoms with Crippen LogP contribution in [0.2, 0.25) is 0 Å². The predicted octanol–water partition coefficient (Wildman–Crippen LogP) is 3.98. The number of carboxylic acid groups (broad SMARTS) is 1. The monoisotopic (exact) mass is 655 g/mol. The molecule has 0 bridgehead atoms. The maximum atomic E-state index is 13.5. The number of rotatable bonds is 17. The van der Waals surface area contributed by atoms with Crippen molar-refractivity contribution in [2.45, 2.75) is 104 Å². The van der Waals surface area contributed by atoms with Gasteiger partial charge in [0.1, 0.15) is 11.7 Å². The van der Waals surface area contributed by atoms with E-state index in [0.717, 1.165) is 42.7 Å². The summed E-state index contributed by atoms with van der Waals surface area (Å²) in [5.74, 6) is -3.11. The van der Waals surface area contributed by atoms with Crippen molar-refractivity contribution in [1.82, 2.24) is 26.3 Å². The van der Waals surface area contributed by atoms with Gasteiger partial charge in [-0.05, 0) is 49.6 Å². The van der Waals surface area contributed by atoms with Crippen LogP contribution in [-0.4, -0.2) is 70.3 Å². The molecule has 0 spiro atoms. The van der Waals surface area contributed by atoms with E-state index in [4.69, 9.17) is 0 Å². The lowest BCUT2D eigenvalue weighted by Gasteiger charge is -2.30. The summed E-state index contributed by atoms with van der Waals surface area (Å²) in [5, 5.41) is 23.2. The highest BCUT2D eigenvalue weighted by molar-refractivity contribution is 7.11. The van der Waals surface area contributed by atoms with Crippen molar-refractivity contribution >= 4 is 40.8 Å². The molecule has 1 aliphatic heterocycles. The molecule has 12 heteroatoms. The van der Waals surface area contributed by atoms with Crippen LogP contribution in [0.1, 0.15) is 99.0 Å². The summed E-state index contributed by atoms with van der Waals surface area (Å²) in [6.07, 6.45) is 4.06. The molecule has 0 radical (unpaired) electrons. The van der Waals surface area contributed by atoms with Crippen LogP contribution in [0.15, 0.2) is 35.7 Å². The van der Waals surface area contributed by atoms with Gasteiger partial charge in [-0.15, -0.1) is 11.3 Å². The van der Waals surface area contributed by atoms with E-state index < -0.39 is 35.9 Å². The number of amides is 3. The standard InChI is InChI=1S/C34H49N5O6S/c1-6-21(4)29(39-30(41)25-14-10-11-15-35-25)32(43)37-26(20(2)3)18-28(40)33-38-27(19-46-33)31(42)36-24(16-22(5)34(44)45)17-23-12-8-7-9-13-23/h7-9,12-13,19-22,24-26,29,35H,6,10-11,14-18H2,1-5H3,(H,36,42)(H,37,43)(H,39,41)(H,44,45)/t21-,22-,24+,25-,26+,29-/m0/s1. The van der Waals surface area contributed by atoms with E-state index >= 15 is 0 Å². The van der Waals surface area contributed by atoms with Gasteiger partial charge in [-0.2, -0.15) is 0 Å². The second-order valence-electron chi connectivity index (χ2n) is 12.7. The lowest BCUT2D eigenvalue weighted by molar-refractivity contribution is -0.141. The SMILES string of the molecule is CC[C@H](C)[C@H](NC(=O)[C@@H]1CCCCN1)C(=O)N[C@H](CC(=O)c1nc(C(=O)N[C@@H](Cc2ccccc2)C[C@H](C)C(=O)O)cs1)C(C)C. The number of piperidine rings is 1. The first-order valence-corrected chi connectivity index (χ1v) is 17.2. The minimum absolute atomic E-state index is 0.0178. The fourth-order valence-electron chi connectivity index (χ4n) is 5.43. The van der Waals surface area contributed by atoms with Crippen LogP contribution in [0.5, 0.6) is 0 Å². The van der Waals surface area contributed by atoms with Gasteiger partial charge in [-0.1, -0.05) is 77.8 Å². The molecular weight excluding hydrogens is 606 g/mol. The molecule has 2 heterocycles. The fraction of sp³-hybridized carbons (Fsp3) is 0.588. The minimum atomic E-state index is -0.945. The molecule has 1 fully saturated rings. The van der Waals surface area contributed by atoms with Gasteiger partial charge in [0, 0.05) is 23.9 Å². The zero-order chi connectivity index (χ0) is 33.8. The Labute approximate surface area is 275 Å². The number of hydrogen-bond donors (Lipinski definition) is 5. The summed E-state index contributed by atoms with van der Waals surface area (Å²) in [6, 6.07) is 7.48. The van der Waals surface area contributed by atoms with Crippen molar-refractivity contribution in [1.29, 1.82) is 0 Å². The summed E-state index contributed by atoms with van der Waals surface area (Å²) in [6.45, 7) is 10.1. The fourth-order valence-corrected chi connectivity index (χ4v) is 6.18. The maximum absolute atomic E-state index is 13.5. The zero-order valence-electron chi connectivity index (χ0n) is 27.5. The number of aliphatic carboxylic acids is 1. The van der Waals surface area contributed by atoms with Crippen molar-refractivity contribution in [3.63, 3.8) is 0 Å². The second kappa shape index (κ2) is 17.9. The first-order valence-electron chi connectivity index (χ1n) is 16.3. The molecular formula is C34H49N5O6S. The second-order valence-corrected chi connectivity index (χ2v) is 13.6. The predicted molar refractivity (Wildman–Crippen MR) is 178 cm³/mol. The van der Waals surface area contributed by atoms with Crippen LogP contribution in [0.3, 0.4) is 0 Å². The van der Waals surface area contributed by atoms with Gasteiger partial charge in [0.05, 0.1) is 12.0 Å². The highest BCUT2D eigenvalue weighted by Crippen LogP contribution is 2.19. The number of aromatic nitrogens is 1. The van der Waals surface area contributed by atoms with E-state index in [1.807, 2.05) is 58.0 Å². The summed E-state index contributed by atoms with van der Waals surface area (Å²) >= 11 is 1.06. The summed E-state index contributed by atoms with van der Waals surface area (Å²) in [5.41, 5.74) is 1.04. The molecule has 1 saturated heterocycles. The molecule has 0 saturated carbocycles. The first-order chi connectivity index (χ1) is 21.9. The lowest BCUT2D eigenvalue weighted by Crippen LogP contribution is -2.57. The van der Waals surface area contributed by atoms with E-state index in [9.17, 15) is 29.1 Å². The Bertz CT molecular complexity index is 1330. The van der Waals surface area contributed by atoms with Gasteiger partial charge in [0.15, 0.2) is 10.8 Å². The number of ketones is 1. The van der Waals surface area contributed by atoms with Gasteiger partial charge in [-0.3, -0.25) is 24.0 Å². The number of carbonyl (C=O) groups is 5. The molecule has 0 unspecified atom stereocenters. The molecule has 11 nitrogen and oxygen atoms in total. The van der Waals surface area contributed by atoms with E-state index in [1.54, 1.807) is 6.92 Å². The van der Waals surface area contributed by atoms with Gasteiger partial charge >= 0.3 is 5.97 Å². The van der Waals surface area contributed by atoms with Crippen molar-refractivity contribution in [3.8, 4) is 0 Å². The third-order valence-corrected chi connectivity index (χ3v) is 9.54. The van der Waals surface area contributed by atoms with Crippen molar-refractivity contribution < 1.29 is 29.1 Å². The molecule has 1 aromatic carbocycles. The average Bonchev–Trinajstić information content (AvgIpc) is 3.54. The highest BCUT2D eigenvalue weighted by Gasteiger charge is 2.32. The Morgan fingerprint density at radius 3 is 2.35 bits per heavy atom. The van der Waals surface area contributed by atoms with Crippen LogP contribution < -0.4 is 21.3 Å². The van der Waals surface area contributed by atoms with E-state index in [2.05, 4.69) is 26.3 Å². The number of thiazole rings is 1. The van der Waals surface area contributed by atoms with Gasteiger partial charge in [0.25, 0.3) is 5.91 Å². The molecule has 6 atom stereocenters. The van der Waals surface area contributed by atoms with E-state index in [0.29, 0.717) is 12.8 Å². The highest BCUT2D eigenvalue weighted by atomic mass is 32.1. The molecule has 252 valence electrons. The minimum Gasteiger partial charge on any atom is -0.481 e. The molecule has 0 aliphatic carbocycles. The first kappa shape index (κ1) is 36.8. The van der Waals surface area contributed by atoms with Crippen LogP contribution in [0.4, 0.5) is 0 Å². The van der Waals surface area contributed by atoms with Crippen LogP contribution in [-0.2, 0) is 20.8 Å². The molecule has 46 heavy (non-hydrogen) atoms. The Balaban J connectivity index is 1.65. The molecule has 3 rings (SSSR count). The summed E-state index contributed by atoms with van der Waals surface area (Å²) < 4.78 is 0. The lowest BCUT2D eigenvalue weighted by atomic mass is 9.94. The Kier molecular flexibility index (Phi) is 14.3. The van der Waals surface area contributed by atoms with Crippen LogP contribution >= 0.6 is 11.3 Å². The third-order valence-electron chi connectivity index (χ3n) is 8.65. The molecule has 2 aromatic rings. The number of carbonyl (C=O) groups excluding carboxylic acids is 4. The normalized spacial score (nSPS) is 18.1. The number of nitrogens with one attached hydrogen (secondary N) is 4. The van der Waals surface area contributed by atoms with Crippen molar-refractivity contribution in [2.24, 2.45) is 17.8 Å². The number of benzene rings is 1. The largest absolute Gasteiger partial charge is 0.481 e. The van der Waals surface area contributed by atoms with Crippen LogP contribution in [0.25, 0.3) is 0 Å². The topological polar surface area (TPSA) is 167 Å². The van der Waals surface area contributed by atoms with Crippen LogP contribution in [0, 0.1) is 17.8 Å². The zero-order valence-corrected chi connectivity index (χ0v) is 28.3. The van der Waals surface area contributed by atoms with Crippen molar-refractivity contribution in [3.05, 3.63) is 52.0 Å². The van der Waals surface area contributed by atoms with Gasteiger partial charge < -0.3 is 26.4 Å². The summed E-state index contributed by atoms with van der Waals surface area (Å²) in [4.78, 5) is 68.7. The van der Waals surface area contributed by atoms with Gasteiger partial charge in [0.2, 0.25) is 11.8 Å². The van der Waals surface area contributed by atoms with Crippen molar-refractivity contribution in [2.75, 3.05) is 6.54 Å². The number of carboxylic acids is 1. The number of Topliss-reactive ketones (excluding diaryl/α,β-unsaturated/α-hetero) is 1. The van der Waals surface area contributed by atoms with E-state index in [1.165, 1.54) is 5.38 Å². The smallest absolute Gasteiger partial charge is 0.306 e.